The van der Waals surface area contributed by atoms with Crippen LogP contribution in [0.25, 0.3) is 0 Å². The first-order chi connectivity index (χ1) is 14.2. The monoisotopic (exact) mass is 528 g/mol. The van der Waals surface area contributed by atoms with E-state index in [1.165, 1.54) is 26.4 Å². The van der Waals surface area contributed by atoms with Crippen LogP contribution < -0.4 is 15.4 Å². The summed E-state index contributed by atoms with van der Waals surface area (Å²) >= 11 is 0. The van der Waals surface area contributed by atoms with Crippen LogP contribution in [0.15, 0.2) is 46.0 Å². The normalized spacial score (nSPS) is 15.9. The van der Waals surface area contributed by atoms with Gasteiger partial charge in [-0.1, -0.05) is 12.5 Å². The predicted octanol–water partition coefficient (Wildman–Crippen LogP) is 3.89. The van der Waals surface area contributed by atoms with Crippen LogP contribution in [0.5, 0.6) is 11.5 Å². The molecule has 1 unspecified atom stereocenters. The van der Waals surface area contributed by atoms with Crippen LogP contribution in [0.3, 0.4) is 0 Å². The summed E-state index contributed by atoms with van der Waals surface area (Å²) in [6, 6.07) is 9.52. The smallest absolute Gasteiger partial charge is 0.191 e. The van der Waals surface area contributed by atoms with Crippen LogP contribution in [-0.2, 0) is 6.54 Å². The van der Waals surface area contributed by atoms with Crippen LogP contribution in [0.2, 0.25) is 0 Å². The maximum atomic E-state index is 9.97. The van der Waals surface area contributed by atoms with Gasteiger partial charge in [-0.05, 0) is 62.7 Å². The number of aliphatic imine (C=N–C) groups is 1. The van der Waals surface area contributed by atoms with Gasteiger partial charge in [-0.2, -0.15) is 0 Å². The molecule has 0 bridgehead atoms. The molecule has 1 aromatic heterocycles. The minimum atomic E-state index is 0. The molecule has 1 atom stereocenters. The van der Waals surface area contributed by atoms with E-state index in [4.69, 9.17) is 9.15 Å². The molecule has 1 aliphatic rings. The molecule has 2 aromatic rings. The number of benzene rings is 1. The third-order valence-corrected chi connectivity index (χ3v) is 5.17. The molecule has 1 aliphatic heterocycles. The van der Waals surface area contributed by atoms with Crippen molar-refractivity contribution < 1.29 is 14.3 Å². The van der Waals surface area contributed by atoms with Gasteiger partial charge in [-0.3, -0.25) is 4.90 Å². The predicted molar refractivity (Wildman–Crippen MR) is 130 cm³/mol. The highest BCUT2D eigenvalue weighted by Gasteiger charge is 2.24. The number of nitrogens with zero attached hydrogens (tertiary/aromatic N) is 2. The highest BCUT2D eigenvalue weighted by Crippen LogP contribution is 2.27. The molecule has 3 N–H and O–H groups in total. The fraction of sp³-hybridized carbons (Fsp3) is 0.500. The van der Waals surface area contributed by atoms with E-state index in [9.17, 15) is 5.11 Å². The fourth-order valence-electron chi connectivity index (χ4n) is 3.66. The van der Waals surface area contributed by atoms with E-state index in [2.05, 4.69) is 20.5 Å². The quantitative estimate of drug-likeness (QED) is 0.274. The molecule has 2 heterocycles. The van der Waals surface area contributed by atoms with Crippen LogP contribution >= 0.6 is 24.0 Å². The minimum absolute atomic E-state index is 0. The summed E-state index contributed by atoms with van der Waals surface area (Å²) in [5.41, 5.74) is 0.916. The molecule has 0 spiro atoms. The molecule has 1 fully saturated rings. The summed E-state index contributed by atoms with van der Waals surface area (Å²) in [7, 11) is 1.54. The SMILES string of the molecule is CCNC(=NCc1ccc(OC)c(O)c1)NCC(c1ccco1)N1CCCCC1.I. The van der Waals surface area contributed by atoms with Crippen molar-refractivity contribution in [3.05, 3.63) is 47.9 Å². The number of halogens is 1. The lowest BCUT2D eigenvalue weighted by molar-refractivity contribution is 0.146. The summed E-state index contributed by atoms with van der Waals surface area (Å²) in [6.07, 6.45) is 5.49. The lowest BCUT2D eigenvalue weighted by Crippen LogP contribution is -2.44. The Labute approximate surface area is 195 Å². The number of piperidine rings is 1. The Morgan fingerprint density at radius 1 is 1.23 bits per heavy atom. The number of methoxy groups -OCH3 is 1. The summed E-state index contributed by atoms with van der Waals surface area (Å²) in [4.78, 5) is 7.16. The Hall–Kier alpha value is -1.94. The molecule has 1 aromatic carbocycles. The second-order valence-electron chi connectivity index (χ2n) is 7.21. The summed E-state index contributed by atoms with van der Waals surface area (Å²) in [5, 5.41) is 16.7. The number of likely N-dealkylation sites (tertiary alicyclic amines) is 1. The summed E-state index contributed by atoms with van der Waals surface area (Å²) in [5.74, 6) is 2.32. The van der Waals surface area contributed by atoms with E-state index >= 15 is 0 Å². The summed E-state index contributed by atoms with van der Waals surface area (Å²) in [6.45, 7) is 6.17. The first kappa shape index (κ1) is 24.3. The third kappa shape index (κ3) is 6.80. The Kier molecular flexibility index (Phi) is 10.3. The van der Waals surface area contributed by atoms with E-state index in [0.29, 0.717) is 18.8 Å². The van der Waals surface area contributed by atoms with Gasteiger partial charge in [0, 0.05) is 13.1 Å². The lowest BCUT2D eigenvalue weighted by Gasteiger charge is -2.33. The van der Waals surface area contributed by atoms with E-state index < -0.39 is 0 Å². The van der Waals surface area contributed by atoms with Crippen molar-refractivity contribution in [2.75, 3.05) is 33.3 Å². The Morgan fingerprint density at radius 3 is 2.67 bits per heavy atom. The number of rotatable bonds is 8. The zero-order valence-corrected chi connectivity index (χ0v) is 20.1. The van der Waals surface area contributed by atoms with Crippen LogP contribution in [-0.4, -0.2) is 49.3 Å². The van der Waals surface area contributed by atoms with Gasteiger partial charge < -0.3 is 24.9 Å². The highest BCUT2D eigenvalue weighted by atomic mass is 127. The van der Waals surface area contributed by atoms with Crippen molar-refractivity contribution in [2.45, 2.75) is 38.8 Å². The van der Waals surface area contributed by atoms with Gasteiger partial charge in [0.25, 0.3) is 0 Å². The first-order valence-electron chi connectivity index (χ1n) is 10.4. The maximum absolute atomic E-state index is 9.97. The molecule has 0 radical (unpaired) electrons. The number of phenols is 1. The molecular weight excluding hydrogens is 495 g/mol. The summed E-state index contributed by atoms with van der Waals surface area (Å²) < 4.78 is 10.8. The van der Waals surface area contributed by atoms with Gasteiger partial charge >= 0.3 is 0 Å². The molecule has 0 saturated carbocycles. The minimum Gasteiger partial charge on any atom is -0.504 e. The van der Waals surface area contributed by atoms with Crippen LogP contribution in [0.4, 0.5) is 0 Å². The number of hydrogen-bond donors (Lipinski definition) is 3. The van der Waals surface area contributed by atoms with Crippen molar-refractivity contribution in [1.82, 2.24) is 15.5 Å². The second kappa shape index (κ2) is 12.7. The number of aromatic hydroxyl groups is 1. The number of ether oxygens (including phenoxy) is 1. The highest BCUT2D eigenvalue weighted by molar-refractivity contribution is 14.0. The Morgan fingerprint density at radius 2 is 2.03 bits per heavy atom. The van der Waals surface area contributed by atoms with Gasteiger partial charge in [-0.25, -0.2) is 4.99 Å². The molecule has 7 nitrogen and oxygen atoms in total. The average Bonchev–Trinajstić information content (AvgIpc) is 3.27. The zero-order chi connectivity index (χ0) is 20.5. The maximum Gasteiger partial charge on any atom is 0.191 e. The number of furan rings is 1. The first-order valence-corrected chi connectivity index (χ1v) is 10.4. The molecular formula is C22H33IN4O3. The molecule has 0 aliphatic carbocycles. The largest absolute Gasteiger partial charge is 0.504 e. The number of hydrogen-bond acceptors (Lipinski definition) is 5. The zero-order valence-electron chi connectivity index (χ0n) is 17.8. The van der Waals surface area contributed by atoms with Crippen molar-refractivity contribution in [1.29, 1.82) is 0 Å². The van der Waals surface area contributed by atoms with Crippen molar-refractivity contribution in [2.24, 2.45) is 4.99 Å². The van der Waals surface area contributed by atoms with Crippen molar-refractivity contribution >= 4 is 29.9 Å². The molecule has 3 rings (SSSR count). The standard InChI is InChI=1S/C22H32N4O3.HI/c1-3-23-22(24-15-17-9-10-21(28-2)19(27)14-17)25-16-18(20-8-7-13-29-20)26-11-5-4-6-12-26;/h7-10,13-14,18,27H,3-6,11-12,15-16H2,1-2H3,(H2,23,24,25);1H. The van der Waals surface area contributed by atoms with E-state index in [-0.39, 0.29) is 35.8 Å². The van der Waals surface area contributed by atoms with E-state index in [0.717, 1.165) is 36.9 Å². The molecule has 0 amide bonds. The van der Waals surface area contributed by atoms with Gasteiger partial charge in [0.1, 0.15) is 5.76 Å². The molecule has 1 saturated heterocycles. The van der Waals surface area contributed by atoms with E-state index in [1.54, 1.807) is 18.4 Å². The van der Waals surface area contributed by atoms with Gasteiger partial charge in [0.05, 0.1) is 26.0 Å². The molecule has 8 heteroatoms. The van der Waals surface area contributed by atoms with Crippen molar-refractivity contribution in [3.8, 4) is 11.5 Å². The van der Waals surface area contributed by atoms with Gasteiger partial charge in [0.15, 0.2) is 17.5 Å². The van der Waals surface area contributed by atoms with Crippen molar-refractivity contribution in [3.63, 3.8) is 0 Å². The molecule has 166 valence electrons. The lowest BCUT2D eigenvalue weighted by atomic mass is 10.1. The fourth-order valence-corrected chi connectivity index (χ4v) is 3.66. The Bertz CT molecular complexity index is 777. The van der Waals surface area contributed by atoms with Crippen LogP contribution in [0.1, 0.15) is 43.6 Å². The van der Waals surface area contributed by atoms with Crippen LogP contribution in [0, 0.1) is 0 Å². The topological polar surface area (TPSA) is 82.3 Å². The average molecular weight is 528 g/mol. The number of guanidine groups is 1. The molecule has 30 heavy (non-hydrogen) atoms. The number of nitrogens with one attached hydrogen (secondary N) is 2. The van der Waals surface area contributed by atoms with Gasteiger partial charge in [0.2, 0.25) is 0 Å². The second-order valence-corrected chi connectivity index (χ2v) is 7.21. The third-order valence-electron chi connectivity index (χ3n) is 5.17. The Balaban J connectivity index is 0.00000320. The van der Waals surface area contributed by atoms with E-state index in [1.807, 2.05) is 25.1 Å². The van der Waals surface area contributed by atoms with Gasteiger partial charge in [-0.15, -0.1) is 24.0 Å². The number of phenolic OH excluding ortho intramolecular Hbond substituents is 1.